The predicted molar refractivity (Wildman–Crippen MR) is 121 cm³/mol. The highest BCUT2D eigenvalue weighted by Gasteiger charge is 2.17. The fourth-order valence-electron chi connectivity index (χ4n) is 2.69. The molecule has 0 saturated heterocycles. The number of hydrogen-bond acceptors (Lipinski definition) is 8. The minimum Gasteiger partial charge on any atom is -0.497 e. The zero-order valence-corrected chi connectivity index (χ0v) is 18.3. The smallest absolute Gasteiger partial charge is 0.338 e. The highest BCUT2D eigenvalue weighted by atomic mass is 32.2. The van der Waals surface area contributed by atoms with Gasteiger partial charge in [-0.05, 0) is 23.8 Å². The van der Waals surface area contributed by atoms with Crippen LogP contribution in [0.25, 0.3) is 0 Å². The molecule has 9 heteroatoms. The van der Waals surface area contributed by atoms with Crippen LogP contribution in [0.15, 0.2) is 47.5 Å². The quantitative estimate of drug-likeness (QED) is 0.617. The molecule has 7 nitrogen and oxygen atoms in total. The number of rotatable bonds is 8. The molecule has 2 aromatic carbocycles. The first-order valence-electron chi connectivity index (χ1n) is 9.17. The fourth-order valence-corrected chi connectivity index (χ4v) is 4.71. The number of methoxy groups -OCH3 is 2. The largest absolute Gasteiger partial charge is 0.497 e. The van der Waals surface area contributed by atoms with Gasteiger partial charge in [0.25, 0.3) is 5.91 Å². The van der Waals surface area contributed by atoms with Crippen LogP contribution in [0.1, 0.15) is 15.9 Å². The van der Waals surface area contributed by atoms with Crippen molar-refractivity contribution in [3.05, 3.63) is 53.6 Å². The van der Waals surface area contributed by atoms with Crippen molar-refractivity contribution in [3.63, 3.8) is 0 Å². The van der Waals surface area contributed by atoms with E-state index in [2.05, 4.69) is 10.3 Å². The molecule has 1 aliphatic rings. The van der Waals surface area contributed by atoms with E-state index in [1.807, 2.05) is 12.1 Å². The van der Waals surface area contributed by atoms with Gasteiger partial charge >= 0.3 is 5.97 Å². The number of amides is 1. The summed E-state index contributed by atoms with van der Waals surface area (Å²) in [6.07, 6.45) is 0. The number of benzene rings is 2. The predicted octanol–water partition coefficient (Wildman–Crippen LogP) is 3.84. The number of aliphatic imine (C=N–C) groups is 1. The summed E-state index contributed by atoms with van der Waals surface area (Å²) in [5, 5.41) is 2.68. The van der Waals surface area contributed by atoms with Gasteiger partial charge in [-0.2, -0.15) is 0 Å². The summed E-state index contributed by atoms with van der Waals surface area (Å²) in [6.45, 7) is 0.424. The third-order valence-electron chi connectivity index (χ3n) is 4.16. The molecule has 0 fully saturated rings. The summed E-state index contributed by atoms with van der Waals surface area (Å²) in [4.78, 5) is 29.2. The Morgan fingerprint density at radius 2 is 2.00 bits per heavy atom. The minimum absolute atomic E-state index is 0.413. The van der Waals surface area contributed by atoms with Crippen LogP contribution in [0, 0.1) is 0 Å². The molecule has 0 saturated carbocycles. The Labute approximate surface area is 183 Å². The maximum absolute atomic E-state index is 12.6. The second-order valence-corrected chi connectivity index (χ2v) is 8.44. The highest BCUT2D eigenvalue weighted by Crippen LogP contribution is 2.29. The Hall–Kier alpha value is -2.65. The number of ether oxygens (including phenoxy) is 3. The van der Waals surface area contributed by atoms with Gasteiger partial charge in [-0.15, -0.1) is 0 Å². The lowest BCUT2D eigenvalue weighted by Gasteiger charge is -2.12. The molecule has 0 aliphatic carbocycles. The van der Waals surface area contributed by atoms with Crippen LogP contribution in [0.2, 0.25) is 0 Å². The third-order valence-corrected chi connectivity index (χ3v) is 6.46. The SMILES string of the molecule is COc1ccc(OC)c(NC(=O)COC(=O)c2ccccc2CSC2=NCCS2)c1. The molecule has 0 bridgehead atoms. The molecule has 0 spiro atoms. The molecule has 0 radical (unpaired) electrons. The topological polar surface area (TPSA) is 86.2 Å². The molecule has 2 aromatic rings. The monoisotopic (exact) mass is 446 g/mol. The van der Waals surface area contributed by atoms with Gasteiger partial charge in [0.1, 0.15) is 15.9 Å². The molecule has 1 heterocycles. The molecule has 158 valence electrons. The number of hydrogen-bond donors (Lipinski definition) is 1. The maximum Gasteiger partial charge on any atom is 0.338 e. The third kappa shape index (κ3) is 5.93. The van der Waals surface area contributed by atoms with E-state index in [9.17, 15) is 9.59 Å². The highest BCUT2D eigenvalue weighted by molar-refractivity contribution is 8.38. The zero-order chi connectivity index (χ0) is 21.3. The number of nitrogens with zero attached hydrogens (tertiary/aromatic N) is 1. The van der Waals surface area contributed by atoms with Crippen molar-refractivity contribution < 1.29 is 23.8 Å². The van der Waals surface area contributed by atoms with E-state index in [1.165, 1.54) is 14.2 Å². The maximum atomic E-state index is 12.6. The summed E-state index contributed by atoms with van der Waals surface area (Å²) < 4.78 is 16.7. The van der Waals surface area contributed by atoms with Crippen LogP contribution >= 0.6 is 23.5 Å². The Balaban J connectivity index is 1.58. The van der Waals surface area contributed by atoms with Crippen molar-refractivity contribution in [3.8, 4) is 11.5 Å². The van der Waals surface area contributed by atoms with E-state index in [4.69, 9.17) is 14.2 Å². The number of carbonyl (C=O) groups is 2. The van der Waals surface area contributed by atoms with E-state index in [0.717, 1.165) is 22.2 Å². The number of anilines is 1. The van der Waals surface area contributed by atoms with Gasteiger partial charge in [0.15, 0.2) is 6.61 Å². The van der Waals surface area contributed by atoms with Crippen LogP contribution in [0.5, 0.6) is 11.5 Å². The van der Waals surface area contributed by atoms with E-state index < -0.39 is 18.5 Å². The molecule has 1 N–H and O–H groups in total. The average Bonchev–Trinajstić information content (AvgIpc) is 3.30. The van der Waals surface area contributed by atoms with Crippen LogP contribution in [0.3, 0.4) is 0 Å². The van der Waals surface area contributed by atoms with Crippen molar-refractivity contribution in [2.24, 2.45) is 4.99 Å². The second-order valence-electron chi connectivity index (χ2n) is 6.13. The Morgan fingerprint density at radius 1 is 1.17 bits per heavy atom. The zero-order valence-electron chi connectivity index (χ0n) is 16.7. The van der Waals surface area contributed by atoms with Gasteiger partial charge in [-0.1, -0.05) is 41.7 Å². The molecular formula is C21H22N2O5S2. The lowest BCUT2D eigenvalue weighted by atomic mass is 10.1. The van der Waals surface area contributed by atoms with Gasteiger partial charge in [-0.25, -0.2) is 4.79 Å². The molecule has 3 rings (SSSR count). The standard InChI is InChI=1S/C21H22N2O5S2/c1-26-15-7-8-18(27-2)17(11-15)23-19(24)12-28-20(25)16-6-4-3-5-14(16)13-30-21-22-9-10-29-21/h3-8,11H,9-10,12-13H2,1-2H3,(H,23,24). The first-order valence-corrected chi connectivity index (χ1v) is 11.1. The van der Waals surface area contributed by atoms with E-state index in [-0.39, 0.29) is 0 Å². The molecule has 1 amide bonds. The van der Waals surface area contributed by atoms with Crippen molar-refractivity contribution in [2.75, 3.05) is 38.4 Å². The second kappa shape index (κ2) is 10.9. The number of nitrogens with one attached hydrogen (secondary N) is 1. The Kier molecular flexibility index (Phi) is 8.04. The van der Waals surface area contributed by atoms with Gasteiger partial charge < -0.3 is 19.5 Å². The summed E-state index contributed by atoms with van der Waals surface area (Å²) in [6, 6.07) is 12.3. The molecular weight excluding hydrogens is 424 g/mol. The van der Waals surface area contributed by atoms with E-state index in [0.29, 0.717) is 28.5 Å². The van der Waals surface area contributed by atoms with E-state index in [1.54, 1.807) is 53.9 Å². The number of carbonyl (C=O) groups excluding carboxylic acids is 2. The number of esters is 1. The first-order chi connectivity index (χ1) is 14.6. The normalized spacial score (nSPS) is 12.8. The first kappa shape index (κ1) is 22.0. The average molecular weight is 447 g/mol. The molecule has 0 unspecified atom stereocenters. The van der Waals surface area contributed by atoms with Gasteiger partial charge in [-0.3, -0.25) is 9.79 Å². The van der Waals surface area contributed by atoms with Crippen molar-refractivity contribution in [1.29, 1.82) is 0 Å². The lowest BCUT2D eigenvalue weighted by molar-refractivity contribution is -0.119. The number of thioether (sulfide) groups is 2. The van der Waals surface area contributed by atoms with Crippen molar-refractivity contribution >= 4 is 45.5 Å². The van der Waals surface area contributed by atoms with Crippen molar-refractivity contribution in [2.45, 2.75) is 5.75 Å². The lowest BCUT2D eigenvalue weighted by Crippen LogP contribution is -2.21. The fraction of sp³-hybridized carbons (Fsp3) is 0.286. The van der Waals surface area contributed by atoms with Crippen molar-refractivity contribution in [1.82, 2.24) is 0 Å². The molecule has 1 aliphatic heterocycles. The Morgan fingerprint density at radius 3 is 2.73 bits per heavy atom. The van der Waals surface area contributed by atoms with Gasteiger partial charge in [0.2, 0.25) is 0 Å². The summed E-state index contributed by atoms with van der Waals surface area (Å²) >= 11 is 3.32. The summed E-state index contributed by atoms with van der Waals surface area (Å²) in [5.41, 5.74) is 1.72. The summed E-state index contributed by atoms with van der Waals surface area (Å²) in [7, 11) is 3.03. The van der Waals surface area contributed by atoms with Crippen LogP contribution < -0.4 is 14.8 Å². The van der Waals surface area contributed by atoms with E-state index >= 15 is 0 Å². The Bertz CT molecular complexity index is 949. The molecule has 0 aromatic heterocycles. The van der Waals surface area contributed by atoms with Crippen LogP contribution in [-0.2, 0) is 15.3 Å². The molecule has 30 heavy (non-hydrogen) atoms. The minimum atomic E-state index is -0.542. The van der Waals surface area contributed by atoms with Crippen LogP contribution in [0.4, 0.5) is 5.69 Å². The summed E-state index contributed by atoms with van der Waals surface area (Å²) in [5.74, 6) is 1.65. The van der Waals surface area contributed by atoms with Gasteiger partial charge in [0, 0.05) is 17.6 Å². The van der Waals surface area contributed by atoms with Gasteiger partial charge in [0.05, 0.1) is 32.0 Å². The van der Waals surface area contributed by atoms with Crippen LogP contribution in [-0.4, -0.2) is 49.4 Å². The molecule has 0 atom stereocenters.